The van der Waals surface area contributed by atoms with E-state index in [1.165, 1.54) is 17.3 Å². The standard InChI is InChI=1S/C10H18SSi/c1-5-9-6-7-10(11-9)8-12(2,3)4/h6-7H,5,8H2,1-4H3. The molecule has 0 aliphatic heterocycles. The summed E-state index contributed by atoms with van der Waals surface area (Å²) in [5, 5.41) is 0. The monoisotopic (exact) mass is 198 g/mol. The summed E-state index contributed by atoms with van der Waals surface area (Å²) in [6.07, 6.45) is 1.19. The molecule has 0 fully saturated rings. The van der Waals surface area contributed by atoms with Gasteiger partial charge in [0.05, 0.1) is 0 Å². The highest BCUT2D eigenvalue weighted by molar-refractivity contribution is 7.12. The van der Waals surface area contributed by atoms with Crippen LogP contribution in [0.2, 0.25) is 19.6 Å². The molecular formula is C10H18SSi. The van der Waals surface area contributed by atoms with Crippen molar-refractivity contribution in [3.8, 4) is 0 Å². The number of hydrogen-bond donors (Lipinski definition) is 0. The molecular weight excluding hydrogens is 180 g/mol. The van der Waals surface area contributed by atoms with Gasteiger partial charge in [-0.2, -0.15) is 0 Å². The predicted octanol–water partition coefficient (Wildman–Crippen LogP) is 3.73. The zero-order valence-electron chi connectivity index (χ0n) is 8.48. The summed E-state index contributed by atoms with van der Waals surface area (Å²) in [7, 11) is -0.887. The van der Waals surface area contributed by atoms with Crippen LogP contribution >= 0.6 is 11.3 Å². The average molecular weight is 198 g/mol. The minimum absolute atomic E-state index is 0.887. The van der Waals surface area contributed by atoms with E-state index in [9.17, 15) is 0 Å². The lowest BCUT2D eigenvalue weighted by atomic mass is 10.4. The first kappa shape index (κ1) is 10.0. The van der Waals surface area contributed by atoms with Gasteiger partial charge in [-0.25, -0.2) is 0 Å². The maximum atomic E-state index is 2.43. The fourth-order valence-corrected chi connectivity index (χ4v) is 4.73. The van der Waals surface area contributed by atoms with Gasteiger partial charge in [0, 0.05) is 17.8 Å². The molecule has 0 nitrogen and oxygen atoms in total. The summed E-state index contributed by atoms with van der Waals surface area (Å²) in [5.41, 5.74) is 0. The Hall–Kier alpha value is -0.0831. The van der Waals surface area contributed by atoms with E-state index in [2.05, 4.69) is 38.7 Å². The Kier molecular flexibility index (Phi) is 3.13. The summed E-state index contributed by atoms with van der Waals surface area (Å²) >= 11 is 1.99. The minimum atomic E-state index is -0.887. The van der Waals surface area contributed by atoms with Gasteiger partial charge >= 0.3 is 0 Å². The number of rotatable bonds is 3. The van der Waals surface area contributed by atoms with E-state index in [1.54, 1.807) is 4.88 Å². The van der Waals surface area contributed by atoms with Crippen molar-refractivity contribution in [3.05, 3.63) is 21.9 Å². The largest absolute Gasteiger partial charge is 0.146 e. The third-order valence-electron chi connectivity index (χ3n) is 1.77. The molecule has 0 unspecified atom stereocenters. The normalized spacial score (nSPS) is 12.0. The van der Waals surface area contributed by atoms with Gasteiger partial charge in [-0.3, -0.25) is 0 Å². The quantitative estimate of drug-likeness (QED) is 0.649. The van der Waals surface area contributed by atoms with E-state index in [0.29, 0.717) is 0 Å². The van der Waals surface area contributed by atoms with E-state index in [4.69, 9.17) is 0 Å². The molecule has 0 bridgehead atoms. The molecule has 1 aromatic heterocycles. The Morgan fingerprint density at radius 1 is 1.17 bits per heavy atom. The van der Waals surface area contributed by atoms with Crippen LogP contribution in [-0.4, -0.2) is 8.07 Å². The SMILES string of the molecule is CCc1ccc(C[Si](C)(C)C)s1. The lowest BCUT2D eigenvalue weighted by molar-refractivity contribution is 1.19. The van der Waals surface area contributed by atoms with Gasteiger partial charge in [0.15, 0.2) is 0 Å². The van der Waals surface area contributed by atoms with E-state index in [0.717, 1.165) is 0 Å². The van der Waals surface area contributed by atoms with Crippen LogP contribution in [0.3, 0.4) is 0 Å². The second-order valence-corrected chi connectivity index (χ2v) is 11.2. The zero-order chi connectivity index (χ0) is 9.19. The number of aryl methyl sites for hydroxylation is 1. The van der Waals surface area contributed by atoms with Gasteiger partial charge in [-0.15, -0.1) is 11.3 Å². The van der Waals surface area contributed by atoms with Crippen molar-refractivity contribution in [2.45, 2.75) is 39.0 Å². The third kappa shape index (κ3) is 3.11. The molecule has 1 heterocycles. The summed E-state index contributed by atoms with van der Waals surface area (Å²) in [4.78, 5) is 3.12. The van der Waals surface area contributed by atoms with Gasteiger partial charge in [0.1, 0.15) is 0 Å². The van der Waals surface area contributed by atoms with E-state index >= 15 is 0 Å². The second kappa shape index (κ2) is 3.75. The summed E-state index contributed by atoms with van der Waals surface area (Å²) in [5.74, 6) is 0. The molecule has 68 valence electrons. The van der Waals surface area contributed by atoms with Crippen LogP contribution in [0.25, 0.3) is 0 Å². The Morgan fingerprint density at radius 3 is 2.17 bits per heavy atom. The van der Waals surface area contributed by atoms with E-state index in [-0.39, 0.29) is 0 Å². The third-order valence-corrected chi connectivity index (χ3v) is 4.70. The molecule has 0 N–H and O–H groups in total. The molecule has 0 spiro atoms. The summed E-state index contributed by atoms with van der Waals surface area (Å²) < 4.78 is 0. The van der Waals surface area contributed by atoms with Gasteiger partial charge in [-0.1, -0.05) is 26.6 Å². The molecule has 1 rings (SSSR count). The molecule has 0 aromatic carbocycles. The molecule has 0 saturated heterocycles. The first-order valence-corrected chi connectivity index (χ1v) is 9.11. The number of hydrogen-bond acceptors (Lipinski definition) is 1. The molecule has 0 aliphatic rings. The molecule has 12 heavy (non-hydrogen) atoms. The van der Waals surface area contributed by atoms with Crippen LogP contribution in [-0.2, 0) is 12.5 Å². The molecule has 0 amide bonds. The van der Waals surface area contributed by atoms with E-state index in [1.807, 2.05) is 11.3 Å². The van der Waals surface area contributed by atoms with Gasteiger partial charge in [0.2, 0.25) is 0 Å². The molecule has 1 aromatic rings. The second-order valence-electron chi connectivity index (χ2n) is 4.46. The van der Waals surface area contributed by atoms with Crippen molar-refractivity contribution in [2.24, 2.45) is 0 Å². The molecule has 0 saturated carbocycles. The number of thiophene rings is 1. The average Bonchev–Trinajstić information content (AvgIpc) is 2.32. The molecule has 2 heteroatoms. The van der Waals surface area contributed by atoms with Gasteiger partial charge in [-0.05, 0) is 24.6 Å². The topological polar surface area (TPSA) is 0 Å². The van der Waals surface area contributed by atoms with Crippen LogP contribution in [0.4, 0.5) is 0 Å². The highest BCUT2D eigenvalue weighted by Crippen LogP contribution is 2.21. The van der Waals surface area contributed by atoms with Crippen molar-refractivity contribution in [1.29, 1.82) is 0 Å². The Morgan fingerprint density at radius 2 is 1.75 bits per heavy atom. The molecule has 0 aliphatic carbocycles. The Balaban J connectivity index is 2.64. The van der Waals surface area contributed by atoms with Crippen LogP contribution in [0.15, 0.2) is 12.1 Å². The van der Waals surface area contributed by atoms with E-state index < -0.39 is 8.07 Å². The van der Waals surface area contributed by atoms with Crippen LogP contribution in [0.1, 0.15) is 16.7 Å². The molecule has 0 atom stereocenters. The van der Waals surface area contributed by atoms with Crippen molar-refractivity contribution < 1.29 is 0 Å². The first-order valence-electron chi connectivity index (χ1n) is 4.59. The Bertz CT molecular complexity index is 245. The van der Waals surface area contributed by atoms with Gasteiger partial charge in [0.25, 0.3) is 0 Å². The summed E-state index contributed by atoms with van der Waals surface area (Å²) in [6, 6.07) is 5.93. The zero-order valence-corrected chi connectivity index (χ0v) is 10.3. The maximum Gasteiger partial charge on any atom is 0.0497 e. The van der Waals surface area contributed by atoms with Crippen LogP contribution in [0.5, 0.6) is 0 Å². The Labute approximate surface area is 80.6 Å². The van der Waals surface area contributed by atoms with Crippen molar-refractivity contribution in [3.63, 3.8) is 0 Å². The van der Waals surface area contributed by atoms with Crippen LogP contribution in [0, 0.1) is 0 Å². The first-order chi connectivity index (χ1) is 5.51. The highest BCUT2D eigenvalue weighted by Gasteiger charge is 2.14. The minimum Gasteiger partial charge on any atom is -0.146 e. The lowest BCUT2D eigenvalue weighted by Crippen LogP contribution is -2.23. The van der Waals surface area contributed by atoms with Crippen LogP contribution < -0.4 is 0 Å². The predicted molar refractivity (Wildman–Crippen MR) is 60.7 cm³/mol. The van der Waals surface area contributed by atoms with Crippen molar-refractivity contribution in [2.75, 3.05) is 0 Å². The van der Waals surface area contributed by atoms with Gasteiger partial charge < -0.3 is 0 Å². The van der Waals surface area contributed by atoms with Crippen molar-refractivity contribution >= 4 is 19.4 Å². The molecule has 0 radical (unpaired) electrons. The summed E-state index contributed by atoms with van der Waals surface area (Å²) in [6.45, 7) is 9.51. The smallest absolute Gasteiger partial charge is 0.0497 e. The maximum absolute atomic E-state index is 2.43. The lowest BCUT2D eigenvalue weighted by Gasteiger charge is -2.13. The fraction of sp³-hybridized carbons (Fsp3) is 0.600. The van der Waals surface area contributed by atoms with Crippen molar-refractivity contribution in [1.82, 2.24) is 0 Å². The fourth-order valence-electron chi connectivity index (χ4n) is 1.23. The highest BCUT2D eigenvalue weighted by atomic mass is 32.1.